The summed E-state index contributed by atoms with van der Waals surface area (Å²) >= 11 is 0. The van der Waals surface area contributed by atoms with Crippen LogP contribution in [-0.4, -0.2) is 21.7 Å². The van der Waals surface area contributed by atoms with E-state index < -0.39 is 6.10 Å². The molecule has 0 aliphatic heterocycles. The Labute approximate surface area is 205 Å². The number of anilines is 1. The maximum Gasteiger partial charge on any atom is 0.258 e. The van der Waals surface area contributed by atoms with Crippen LogP contribution in [-0.2, 0) is 6.54 Å². The van der Waals surface area contributed by atoms with Crippen molar-refractivity contribution < 1.29 is 14.3 Å². The van der Waals surface area contributed by atoms with Gasteiger partial charge in [0.2, 0.25) is 0 Å². The summed E-state index contributed by atoms with van der Waals surface area (Å²) in [5.41, 5.74) is 4.59. The summed E-state index contributed by atoms with van der Waals surface area (Å²) in [4.78, 5) is 13.8. The van der Waals surface area contributed by atoms with Gasteiger partial charge in [0.25, 0.3) is 5.91 Å². The molecule has 5 heteroatoms. The third kappa shape index (κ3) is 4.99. The van der Waals surface area contributed by atoms with E-state index in [2.05, 4.69) is 11.2 Å². The molecule has 0 spiro atoms. The maximum atomic E-state index is 14.8. The second-order valence-electron chi connectivity index (χ2n) is 8.92. The Morgan fingerprint density at radius 1 is 1.09 bits per heavy atom. The highest BCUT2D eigenvalue weighted by Crippen LogP contribution is 2.44. The Morgan fingerprint density at radius 3 is 2.29 bits per heavy atom. The number of nitrogens with one attached hydrogen (secondary N) is 1. The predicted molar refractivity (Wildman–Crippen MR) is 140 cm³/mol. The van der Waals surface area contributed by atoms with Gasteiger partial charge in [-0.3, -0.25) is 4.79 Å². The average molecular weight is 469 g/mol. The van der Waals surface area contributed by atoms with Crippen LogP contribution < -0.4 is 5.32 Å². The number of nitrogens with zero attached hydrogens (tertiary/aromatic N) is 1. The number of benzene rings is 2. The minimum atomic E-state index is -0.687. The normalized spacial score (nSPS) is 13.5. The van der Waals surface area contributed by atoms with Gasteiger partial charge in [-0.25, -0.2) is 4.39 Å². The number of hydrogen-bond donors (Lipinski definition) is 2. The fourth-order valence-electron chi connectivity index (χ4n) is 4.52. The molecule has 1 atom stereocenters. The van der Waals surface area contributed by atoms with Crippen molar-refractivity contribution in [1.29, 1.82) is 0 Å². The van der Waals surface area contributed by atoms with Crippen molar-refractivity contribution in [3.05, 3.63) is 95.6 Å². The summed E-state index contributed by atoms with van der Waals surface area (Å²) in [6.45, 7) is 4.43. The van der Waals surface area contributed by atoms with Gasteiger partial charge in [0, 0.05) is 35.5 Å². The average Bonchev–Trinajstić information content (AvgIpc) is 3.18. The number of carbonyl (C=O) groups is 1. The van der Waals surface area contributed by atoms with Crippen LogP contribution in [0.15, 0.2) is 78.6 Å². The summed E-state index contributed by atoms with van der Waals surface area (Å²) in [6, 6.07) is 18.9. The molecule has 1 aliphatic rings. The zero-order valence-corrected chi connectivity index (χ0v) is 20.0. The van der Waals surface area contributed by atoms with Crippen molar-refractivity contribution in [2.75, 3.05) is 5.32 Å². The van der Waals surface area contributed by atoms with Gasteiger partial charge in [-0.05, 0) is 42.2 Å². The molecule has 0 radical (unpaired) electrons. The molecule has 2 aromatic carbocycles. The molecule has 35 heavy (non-hydrogen) atoms. The molecule has 3 aromatic rings. The van der Waals surface area contributed by atoms with Gasteiger partial charge in [-0.15, -0.1) is 12.3 Å². The highest BCUT2D eigenvalue weighted by atomic mass is 19.1. The van der Waals surface area contributed by atoms with Crippen molar-refractivity contribution >= 4 is 17.2 Å². The minimum absolute atomic E-state index is 0.0415. The van der Waals surface area contributed by atoms with E-state index in [0.717, 1.165) is 11.3 Å². The van der Waals surface area contributed by atoms with Crippen LogP contribution in [0.2, 0.25) is 0 Å². The van der Waals surface area contributed by atoms with Crippen LogP contribution in [0.25, 0.3) is 16.7 Å². The minimum Gasteiger partial charge on any atom is -0.392 e. The molecule has 1 unspecified atom stereocenters. The van der Waals surface area contributed by atoms with Crippen LogP contribution in [0.3, 0.4) is 0 Å². The third-order valence-corrected chi connectivity index (χ3v) is 6.12. The highest BCUT2D eigenvalue weighted by Gasteiger charge is 2.33. The smallest absolute Gasteiger partial charge is 0.258 e. The van der Waals surface area contributed by atoms with E-state index in [-0.39, 0.29) is 24.1 Å². The van der Waals surface area contributed by atoms with Crippen molar-refractivity contribution in [3.63, 3.8) is 0 Å². The largest absolute Gasteiger partial charge is 0.392 e. The quantitative estimate of drug-likeness (QED) is 0.350. The zero-order valence-electron chi connectivity index (χ0n) is 20.0. The monoisotopic (exact) mass is 468 g/mol. The van der Waals surface area contributed by atoms with Crippen molar-refractivity contribution in [2.24, 2.45) is 0 Å². The van der Waals surface area contributed by atoms with E-state index in [1.165, 1.54) is 6.08 Å². The van der Waals surface area contributed by atoms with Crippen LogP contribution in [0, 0.1) is 12.3 Å². The molecule has 0 fully saturated rings. The number of aliphatic hydroxyl groups is 1. The van der Waals surface area contributed by atoms with Gasteiger partial charge in [-0.2, -0.15) is 0 Å². The summed E-state index contributed by atoms with van der Waals surface area (Å²) in [7, 11) is 0. The fourth-order valence-corrected chi connectivity index (χ4v) is 4.52. The van der Waals surface area contributed by atoms with Gasteiger partial charge < -0.3 is 15.0 Å². The highest BCUT2D eigenvalue weighted by molar-refractivity contribution is 6.12. The molecule has 1 heterocycles. The number of aliphatic hydroxyl groups excluding tert-OH is 1. The topological polar surface area (TPSA) is 54.3 Å². The lowest BCUT2D eigenvalue weighted by molar-refractivity contribution is 0.102. The van der Waals surface area contributed by atoms with Gasteiger partial charge >= 0.3 is 0 Å². The third-order valence-electron chi connectivity index (χ3n) is 6.12. The summed E-state index contributed by atoms with van der Waals surface area (Å²) in [5, 5.41) is 13.4. The number of carbonyl (C=O) groups excluding carboxylic acids is 1. The number of amides is 1. The van der Waals surface area contributed by atoms with Crippen molar-refractivity contribution in [2.45, 2.75) is 45.3 Å². The lowest BCUT2D eigenvalue weighted by Crippen LogP contribution is -2.18. The van der Waals surface area contributed by atoms with Crippen LogP contribution in [0.1, 0.15) is 54.4 Å². The van der Waals surface area contributed by atoms with Gasteiger partial charge in [-0.1, -0.05) is 62.4 Å². The van der Waals surface area contributed by atoms with Crippen molar-refractivity contribution in [1.82, 2.24) is 4.57 Å². The number of hydrogen-bond acceptors (Lipinski definition) is 2. The Hall–Kier alpha value is -3.88. The molecule has 0 saturated heterocycles. The zero-order chi connectivity index (χ0) is 24.9. The van der Waals surface area contributed by atoms with Crippen LogP contribution in [0.5, 0.6) is 0 Å². The Bertz CT molecular complexity index is 1310. The van der Waals surface area contributed by atoms with E-state index in [9.17, 15) is 14.3 Å². The summed E-state index contributed by atoms with van der Waals surface area (Å²) in [5.74, 6) is 1.87. The maximum absolute atomic E-state index is 14.8. The molecule has 1 aromatic heterocycles. The van der Waals surface area contributed by atoms with E-state index in [4.69, 9.17) is 6.42 Å². The molecule has 178 valence electrons. The first kappa shape index (κ1) is 24.3. The fraction of sp³-hybridized carbons (Fsp3) is 0.233. The predicted octanol–water partition coefficient (Wildman–Crippen LogP) is 6.56. The molecule has 2 N–H and O–H groups in total. The van der Waals surface area contributed by atoms with Crippen LogP contribution >= 0.6 is 0 Å². The summed E-state index contributed by atoms with van der Waals surface area (Å²) in [6.07, 6.45) is 8.47. The Kier molecular flexibility index (Phi) is 7.33. The van der Waals surface area contributed by atoms with Gasteiger partial charge in [0.15, 0.2) is 0 Å². The lowest BCUT2D eigenvalue weighted by atomic mass is 9.92. The first-order chi connectivity index (χ1) is 16.9. The number of halogens is 1. The number of rotatable bonds is 9. The molecule has 0 saturated carbocycles. The number of para-hydroxylation sites is 1. The second-order valence-corrected chi connectivity index (χ2v) is 8.92. The Balaban J connectivity index is 1.95. The van der Waals surface area contributed by atoms with Crippen LogP contribution in [0.4, 0.5) is 10.1 Å². The first-order valence-electron chi connectivity index (χ1n) is 11.8. The second kappa shape index (κ2) is 10.6. The molecule has 4 rings (SSSR count). The Morgan fingerprint density at radius 2 is 1.74 bits per heavy atom. The molecule has 4 nitrogen and oxygen atoms in total. The number of aromatic nitrogens is 1. The molecule has 0 bridgehead atoms. The van der Waals surface area contributed by atoms with E-state index in [1.807, 2.05) is 79.1 Å². The number of terminal acetylenes is 1. The van der Waals surface area contributed by atoms with Gasteiger partial charge in [0.05, 0.1) is 17.4 Å². The standard InChI is InChI=1S/C30H29FN2O2/c1-4-11-23(34)18-19-33-28(20(2)3)27(30(35)32-22-14-9-6-10-15-22)26(21-12-7-5-8-13-21)29(33)24-16-17-25(24)31/h1,5-10,12-17,20,23,34H,11,18-19H2,2-3H3,(H,32,35). The van der Waals surface area contributed by atoms with Gasteiger partial charge in [0.1, 0.15) is 5.83 Å². The van der Waals surface area contributed by atoms with E-state index in [0.29, 0.717) is 41.0 Å². The molecule has 1 aliphatic carbocycles. The first-order valence-corrected chi connectivity index (χ1v) is 11.8. The molecular weight excluding hydrogens is 439 g/mol. The summed E-state index contributed by atoms with van der Waals surface area (Å²) < 4.78 is 16.7. The molecule has 1 amide bonds. The lowest BCUT2D eigenvalue weighted by Gasteiger charge is -2.21. The SMILES string of the molecule is C#CCC(O)CCn1c(C2=CC=C2F)c(-c2ccccc2)c(C(=O)Nc2ccccc2)c1C(C)C. The van der Waals surface area contributed by atoms with E-state index in [1.54, 1.807) is 6.08 Å². The van der Waals surface area contributed by atoms with Crippen molar-refractivity contribution in [3.8, 4) is 23.5 Å². The van der Waals surface area contributed by atoms with E-state index >= 15 is 0 Å². The molecular formula is C30H29FN2O2. The number of allylic oxidation sites excluding steroid dienone is 4.